The number of halogens is 3. The number of ether oxygens (including phenoxy) is 1. The number of aliphatic hydroxyl groups is 1. The van der Waals surface area contributed by atoms with E-state index >= 15 is 0 Å². The monoisotopic (exact) mass is 354 g/mol. The van der Waals surface area contributed by atoms with Crippen LogP contribution < -0.4 is 5.73 Å². The highest BCUT2D eigenvalue weighted by molar-refractivity contribution is 5.92. The number of nitrogens with zero attached hydrogens (tertiary/aromatic N) is 1. The fourth-order valence-electron chi connectivity index (χ4n) is 2.55. The number of likely N-dealkylation sites (tertiary alicyclic amines) is 1. The van der Waals surface area contributed by atoms with Gasteiger partial charge in [-0.2, -0.15) is 13.2 Å². The van der Waals surface area contributed by atoms with E-state index in [0.29, 0.717) is 6.42 Å². The van der Waals surface area contributed by atoms with Gasteiger partial charge in [-0.15, -0.1) is 0 Å². The first-order valence-corrected chi connectivity index (χ1v) is 7.45. The van der Waals surface area contributed by atoms with Gasteiger partial charge in [0, 0.05) is 19.4 Å². The second-order valence-corrected chi connectivity index (χ2v) is 6.21. The van der Waals surface area contributed by atoms with E-state index in [1.165, 1.54) is 0 Å². The van der Waals surface area contributed by atoms with Crippen molar-refractivity contribution in [3.63, 3.8) is 0 Å². The minimum atomic E-state index is -5.14. The van der Waals surface area contributed by atoms with Crippen molar-refractivity contribution in [1.82, 2.24) is 4.90 Å². The lowest BCUT2D eigenvalue weighted by atomic mass is 9.98. The summed E-state index contributed by atoms with van der Waals surface area (Å²) in [6.45, 7) is 2.95. The molecule has 0 aliphatic carbocycles. The zero-order chi connectivity index (χ0) is 18.7. The summed E-state index contributed by atoms with van der Waals surface area (Å²) in [5.74, 6) is -3.83. The maximum Gasteiger partial charge on any atom is 0.490 e. The predicted octanol–water partition coefficient (Wildman–Crippen LogP) is 0.345. The number of rotatable bonds is 7. The Morgan fingerprint density at radius 3 is 2.46 bits per heavy atom. The van der Waals surface area contributed by atoms with Crippen LogP contribution in [0, 0.1) is 5.92 Å². The Morgan fingerprint density at radius 2 is 2.00 bits per heavy atom. The van der Waals surface area contributed by atoms with Gasteiger partial charge in [0.25, 0.3) is 5.91 Å². The highest BCUT2D eigenvalue weighted by atomic mass is 19.4. The highest BCUT2D eigenvalue weighted by Crippen LogP contribution is 2.30. The first-order chi connectivity index (χ1) is 10.9. The van der Waals surface area contributed by atoms with Crippen LogP contribution in [-0.2, 0) is 19.1 Å². The van der Waals surface area contributed by atoms with Gasteiger partial charge in [-0.05, 0) is 12.3 Å². The maximum absolute atomic E-state index is 12.3. The number of hydrogen-bond acceptors (Lipinski definition) is 5. The quantitative estimate of drug-likeness (QED) is 0.641. The molecule has 24 heavy (non-hydrogen) atoms. The molecule has 1 fully saturated rings. The summed E-state index contributed by atoms with van der Waals surface area (Å²) in [5.41, 5.74) is 3.32. The average Bonchev–Trinajstić information content (AvgIpc) is 2.71. The number of amides is 2. The molecular formula is C14H21F3N2O5. The molecule has 0 saturated carbocycles. The molecule has 2 unspecified atom stereocenters. The van der Waals surface area contributed by atoms with Gasteiger partial charge in [0.05, 0.1) is 6.61 Å². The zero-order valence-corrected chi connectivity index (χ0v) is 13.4. The number of esters is 1. The number of carbonyl (C=O) groups is 3. The van der Waals surface area contributed by atoms with Crippen LogP contribution in [0.3, 0.4) is 0 Å². The van der Waals surface area contributed by atoms with E-state index in [1.54, 1.807) is 0 Å². The molecule has 0 aromatic rings. The Labute approximate surface area is 136 Å². The predicted molar refractivity (Wildman–Crippen MR) is 75.3 cm³/mol. The van der Waals surface area contributed by atoms with Crippen molar-refractivity contribution >= 4 is 17.8 Å². The van der Waals surface area contributed by atoms with Gasteiger partial charge in [0.2, 0.25) is 5.91 Å². The molecule has 1 aliphatic rings. The van der Waals surface area contributed by atoms with E-state index in [-0.39, 0.29) is 18.9 Å². The normalized spacial score (nSPS) is 22.8. The SMILES string of the molecule is CC(C)CC(C(N)=O)N1CCC(O)(CCOC(=O)C(F)(F)F)C1=O. The van der Waals surface area contributed by atoms with Crippen molar-refractivity contribution in [2.24, 2.45) is 11.7 Å². The molecule has 7 nitrogen and oxygen atoms in total. The van der Waals surface area contributed by atoms with Crippen molar-refractivity contribution in [3.05, 3.63) is 0 Å². The Balaban J connectivity index is 2.69. The molecular weight excluding hydrogens is 333 g/mol. The summed E-state index contributed by atoms with van der Waals surface area (Å²) in [6, 6.07) is -0.899. The van der Waals surface area contributed by atoms with Crippen molar-refractivity contribution in [2.75, 3.05) is 13.2 Å². The summed E-state index contributed by atoms with van der Waals surface area (Å²) in [7, 11) is 0. The van der Waals surface area contributed by atoms with Crippen LogP contribution in [0.5, 0.6) is 0 Å². The van der Waals surface area contributed by atoms with Crippen LogP contribution in [0.15, 0.2) is 0 Å². The van der Waals surface area contributed by atoms with Crippen molar-refractivity contribution in [2.45, 2.75) is 50.9 Å². The maximum atomic E-state index is 12.3. The van der Waals surface area contributed by atoms with Crippen LogP contribution in [0.4, 0.5) is 13.2 Å². The third-order valence-electron chi connectivity index (χ3n) is 3.80. The lowest BCUT2D eigenvalue weighted by Gasteiger charge is -2.28. The van der Waals surface area contributed by atoms with E-state index < -0.39 is 48.6 Å². The second-order valence-electron chi connectivity index (χ2n) is 6.21. The number of nitrogens with two attached hydrogens (primary N) is 1. The number of primary amides is 1. The van der Waals surface area contributed by atoms with E-state index in [9.17, 15) is 32.7 Å². The third kappa shape index (κ3) is 4.83. The largest absolute Gasteiger partial charge is 0.490 e. The Hall–Kier alpha value is -1.84. The molecule has 2 atom stereocenters. The van der Waals surface area contributed by atoms with Gasteiger partial charge in [-0.1, -0.05) is 13.8 Å². The lowest BCUT2D eigenvalue weighted by molar-refractivity contribution is -0.200. The Kier molecular flexibility index (Phi) is 6.20. The van der Waals surface area contributed by atoms with Crippen molar-refractivity contribution in [1.29, 1.82) is 0 Å². The molecule has 1 heterocycles. The van der Waals surface area contributed by atoms with Crippen LogP contribution in [-0.4, -0.2) is 58.8 Å². The summed E-state index contributed by atoms with van der Waals surface area (Å²) in [5, 5.41) is 10.3. The fraction of sp³-hybridized carbons (Fsp3) is 0.786. The number of hydrogen-bond donors (Lipinski definition) is 2. The molecule has 0 aromatic carbocycles. The van der Waals surface area contributed by atoms with Gasteiger partial charge in [-0.25, -0.2) is 4.79 Å². The first-order valence-electron chi connectivity index (χ1n) is 7.45. The number of carbonyl (C=O) groups excluding carboxylic acids is 3. The zero-order valence-electron chi connectivity index (χ0n) is 13.4. The molecule has 0 aromatic heterocycles. The van der Waals surface area contributed by atoms with Crippen LogP contribution >= 0.6 is 0 Å². The van der Waals surface area contributed by atoms with E-state index in [1.807, 2.05) is 13.8 Å². The smallest absolute Gasteiger partial charge is 0.459 e. The van der Waals surface area contributed by atoms with Crippen LogP contribution in [0.2, 0.25) is 0 Å². The van der Waals surface area contributed by atoms with E-state index in [2.05, 4.69) is 4.74 Å². The van der Waals surface area contributed by atoms with Gasteiger partial charge < -0.3 is 20.5 Å². The minimum absolute atomic E-state index is 0.0445. The average molecular weight is 354 g/mol. The molecule has 10 heteroatoms. The van der Waals surface area contributed by atoms with Crippen molar-refractivity contribution in [3.8, 4) is 0 Å². The Bertz CT molecular complexity index is 509. The second kappa shape index (κ2) is 7.37. The summed E-state index contributed by atoms with van der Waals surface area (Å²) >= 11 is 0. The molecule has 0 spiro atoms. The summed E-state index contributed by atoms with van der Waals surface area (Å²) in [6.07, 6.45) is -5.41. The first kappa shape index (κ1) is 20.2. The van der Waals surface area contributed by atoms with Crippen LogP contribution in [0.25, 0.3) is 0 Å². The standard InChI is InChI=1S/C14H21F3N2O5/c1-8(2)7-9(10(18)20)19-5-3-13(23,11(19)21)4-6-24-12(22)14(15,16)17/h8-9,23H,3-7H2,1-2H3,(H2,18,20). The molecule has 1 aliphatic heterocycles. The summed E-state index contributed by atoms with van der Waals surface area (Å²) < 4.78 is 40.1. The third-order valence-corrected chi connectivity index (χ3v) is 3.80. The van der Waals surface area contributed by atoms with E-state index in [0.717, 1.165) is 4.90 Å². The molecule has 1 rings (SSSR count). The summed E-state index contributed by atoms with van der Waals surface area (Å²) in [4.78, 5) is 35.6. The van der Waals surface area contributed by atoms with Crippen LogP contribution in [0.1, 0.15) is 33.1 Å². The van der Waals surface area contributed by atoms with Gasteiger partial charge >= 0.3 is 12.1 Å². The lowest BCUT2D eigenvalue weighted by Crippen LogP contribution is -2.50. The Morgan fingerprint density at radius 1 is 1.42 bits per heavy atom. The van der Waals surface area contributed by atoms with Gasteiger partial charge in [-0.3, -0.25) is 9.59 Å². The van der Waals surface area contributed by atoms with Gasteiger partial charge in [0.1, 0.15) is 11.6 Å². The fourth-order valence-corrected chi connectivity index (χ4v) is 2.55. The topological polar surface area (TPSA) is 110 Å². The molecule has 0 radical (unpaired) electrons. The molecule has 3 N–H and O–H groups in total. The molecule has 0 bridgehead atoms. The van der Waals surface area contributed by atoms with Crippen molar-refractivity contribution < 1.29 is 37.4 Å². The minimum Gasteiger partial charge on any atom is -0.459 e. The highest BCUT2D eigenvalue weighted by Gasteiger charge is 2.49. The molecule has 2 amide bonds. The van der Waals surface area contributed by atoms with E-state index in [4.69, 9.17) is 5.73 Å². The van der Waals surface area contributed by atoms with Gasteiger partial charge in [0.15, 0.2) is 0 Å². The number of alkyl halides is 3. The molecule has 138 valence electrons. The molecule has 1 saturated heterocycles.